The molecule has 0 spiro atoms. The maximum atomic E-state index is 12.4. The van der Waals surface area contributed by atoms with Crippen LogP contribution < -0.4 is 0 Å². The molecule has 0 saturated carbocycles. The van der Waals surface area contributed by atoms with Crippen LogP contribution in [-0.4, -0.2) is 31.3 Å². The second-order valence-corrected chi connectivity index (χ2v) is 8.58. The van der Waals surface area contributed by atoms with Gasteiger partial charge in [0.05, 0.1) is 5.69 Å². The molecule has 1 aromatic carbocycles. The number of thiazole rings is 1. The average Bonchev–Trinajstić information content (AvgIpc) is 2.79. The van der Waals surface area contributed by atoms with Crippen LogP contribution in [0.1, 0.15) is 17.7 Å². The van der Waals surface area contributed by atoms with E-state index in [2.05, 4.69) is 4.98 Å². The van der Waals surface area contributed by atoms with Crippen LogP contribution in [0.5, 0.6) is 0 Å². The summed E-state index contributed by atoms with van der Waals surface area (Å²) in [6.07, 6.45) is 1.62. The number of hydrogen-bond donors (Lipinski definition) is 0. The van der Waals surface area contributed by atoms with Gasteiger partial charge in [0.1, 0.15) is 0 Å². The van der Waals surface area contributed by atoms with Gasteiger partial charge in [0, 0.05) is 13.6 Å². The number of sulfonamides is 1. The fourth-order valence-electron chi connectivity index (χ4n) is 2.00. The van der Waals surface area contributed by atoms with Crippen molar-refractivity contribution in [1.29, 1.82) is 0 Å². The molecule has 0 bridgehead atoms. The molecule has 0 saturated heterocycles. The number of aromatic nitrogens is 1. The van der Waals surface area contributed by atoms with E-state index in [9.17, 15) is 8.42 Å². The Kier molecular flexibility index (Phi) is 5.37. The molecule has 7 heteroatoms. The quantitative estimate of drug-likeness (QED) is 0.807. The molecule has 21 heavy (non-hydrogen) atoms. The first kappa shape index (κ1) is 16.4. The molecule has 0 atom stereocenters. The first-order chi connectivity index (χ1) is 9.91. The lowest BCUT2D eigenvalue weighted by atomic mass is 10.1. The number of benzene rings is 1. The predicted octanol–water partition coefficient (Wildman–Crippen LogP) is 3.36. The number of hydrogen-bond acceptors (Lipinski definition) is 4. The van der Waals surface area contributed by atoms with Crippen molar-refractivity contribution in [1.82, 2.24) is 9.29 Å². The van der Waals surface area contributed by atoms with Crippen molar-refractivity contribution in [2.75, 3.05) is 13.6 Å². The Morgan fingerprint density at radius 3 is 2.52 bits per heavy atom. The summed E-state index contributed by atoms with van der Waals surface area (Å²) in [5.41, 5.74) is 1.67. The highest BCUT2D eigenvalue weighted by Crippen LogP contribution is 2.28. The summed E-state index contributed by atoms with van der Waals surface area (Å²) in [4.78, 5) is 3.97. The van der Waals surface area contributed by atoms with Crippen molar-refractivity contribution in [3.05, 3.63) is 46.1 Å². The van der Waals surface area contributed by atoms with E-state index in [1.54, 1.807) is 14.0 Å². The lowest BCUT2D eigenvalue weighted by Crippen LogP contribution is -2.28. The van der Waals surface area contributed by atoms with Gasteiger partial charge in [-0.2, -0.15) is 0 Å². The average molecular weight is 345 g/mol. The number of aryl methyl sites for hydroxylation is 2. The molecule has 0 radical (unpaired) electrons. The van der Waals surface area contributed by atoms with Gasteiger partial charge in [-0.15, -0.1) is 0 Å². The third-order valence-corrected chi connectivity index (χ3v) is 6.86. The highest BCUT2D eigenvalue weighted by atomic mass is 35.5. The Morgan fingerprint density at radius 1 is 1.29 bits per heavy atom. The fraction of sp³-hybridized carbons (Fsp3) is 0.357. The third-order valence-electron chi connectivity index (χ3n) is 3.15. The molecule has 0 aliphatic heterocycles. The third kappa shape index (κ3) is 4.03. The Bertz CT molecular complexity index is 699. The molecule has 2 rings (SSSR count). The van der Waals surface area contributed by atoms with Crippen molar-refractivity contribution < 1.29 is 8.42 Å². The molecule has 0 aliphatic carbocycles. The lowest BCUT2D eigenvalue weighted by Gasteiger charge is -2.16. The van der Waals surface area contributed by atoms with Gasteiger partial charge in [0.25, 0.3) is 10.0 Å². The van der Waals surface area contributed by atoms with Crippen LogP contribution in [0.3, 0.4) is 0 Å². The highest BCUT2D eigenvalue weighted by molar-refractivity contribution is 7.91. The molecule has 0 unspecified atom stereocenters. The monoisotopic (exact) mass is 344 g/mol. The molecule has 2 aromatic rings. The molecule has 1 heterocycles. The van der Waals surface area contributed by atoms with E-state index in [-0.39, 0.29) is 8.68 Å². The summed E-state index contributed by atoms with van der Waals surface area (Å²) in [5, 5.41) is 0. The maximum Gasteiger partial charge on any atom is 0.254 e. The van der Waals surface area contributed by atoms with Gasteiger partial charge in [-0.05, 0) is 25.3 Å². The second kappa shape index (κ2) is 6.87. The molecular formula is C14H17ClN2O2S2. The van der Waals surface area contributed by atoms with E-state index in [4.69, 9.17) is 11.6 Å². The summed E-state index contributed by atoms with van der Waals surface area (Å²) in [6.45, 7) is 2.12. The van der Waals surface area contributed by atoms with E-state index in [0.29, 0.717) is 12.2 Å². The smallest absolute Gasteiger partial charge is 0.229 e. The summed E-state index contributed by atoms with van der Waals surface area (Å²) < 4.78 is 26.7. The van der Waals surface area contributed by atoms with E-state index in [1.807, 2.05) is 30.3 Å². The standard InChI is InChI=1S/C14H17ClN2O2S2/c1-11-13(20-14(15)16-11)21(18,19)17(2)10-6-9-12-7-4-3-5-8-12/h3-5,7-8H,6,9-10H2,1-2H3. The lowest BCUT2D eigenvalue weighted by molar-refractivity contribution is 0.462. The number of rotatable bonds is 6. The summed E-state index contributed by atoms with van der Waals surface area (Å²) in [5.74, 6) is 0. The molecule has 0 amide bonds. The topological polar surface area (TPSA) is 50.3 Å². The summed E-state index contributed by atoms with van der Waals surface area (Å²) in [6, 6.07) is 10.0. The molecule has 0 fully saturated rings. The van der Waals surface area contributed by atoms with Crippen LogP contribution in [0.4, 0.5) is 0 Å². The summed E-state index contributed by atoms with van der Waals surface area (Å²) in [7, 11) is -1.91. The molecule has 4 nitrogen and oxygen atoms in total. The zero-order chi connectivity index (χ0) is 15.5. The maximum absolute atomic E-state index is 12.4. The van der Waals surface area contributed by atoms with Crippen LogP contribution in [0.2, 0.25) is 4.47 Å². The van der Waals surface area contributed by atoms with Crippen LogP contribution >= 0.6 is 22.9 Å². The molecular weight excluding hydrogens is 328 g/mol. The number of nitrogens with zero attached hydrogens (tertiary/aromatic N) is 2. The van der Waals surface area contributed by atoms with Crippen LogP contribution in [0, 0.1) is 6.92 Å². The van der Waals surface area contributed by atoms with Crippen LogP contribution in [0.25, 0.3) is 0 Å². The van der Waals surface area contributed by atoms with Gasteiger partial charge in [0.15, 0.2) is 8.68 Å². The highest BCUT2D eigenvalue weighted by Gasteiger charge is 2.25. The Morgan fingerprint density at radius 2 is 1.95 bits per heavy atom. The largest absolute Gasteiger partial charge is 0.254 e. The molecule has 0 N–H and O–H groups in total. The molecule has 114 valence electrons. The zero-order valence-corrected chi connectivity index (χ0v) is 14.3. The van der Waals surface area contributed by atoms with Gasteiger partial charge in [-0.3, -0.25) is 0 Å². The minimum absolute atomic E-state index is 0.231. The van der Waals surface area contributed by atoms with Crippen molar-refractivity contribution in [2.45, 2.75) is 24.0 Å². The second-order valence-electron chi connectivity index (χ2n) is 4.76. The predicted molar refractivity (Wildman–Crippen MR) is 86.4 cm³/mol. The van der Waals surface area contributed by atoms with Crippen LogP contribution in [-0.2, 0) is 16.4 Å². The van der Waals surface area contributed by atoms with E-state index < -0.39 is 10.0 Å². The Hall–Kier alpha value is -0.950. The minimum atomic E-state index is -3.50. The van der Waals surface area contributed by atoms with Gasteiger partial charge >= 0.3 is 0 Å². The van der Waals surface area contributed by atoms with Gasteiger partial charge in [-0.1, -0.05) is 53.3 Å². The van der Waals surface area contributed by atoms with Crippen molar-refractivity contribution >= 4 is 33.0 Å². The minimum Gasteiger partial charge on any atom is -0.229 e. The van der Waals surface area contributed by atoms with E-state index >= 15 is 0 Å². The normalized spacial score (nSPS) is 12.0. The fourth-order valence-corrected chi connectivity index (χ4v) is 5.14. The zero-order valence-electron chi connectivity index (χ0n) is 11.9. The van der Waals surface area contributed by atoms with Gasteiger partial charge in [0.2, 0.25) is 0 Å². The Labute approximate surface area is 134 Å². The first-order valence-electron chi connectivity index (χ1n) is 6.54. The van der Waals surface area contributed by atoms with Crippen molar-refractivity contribution in [2.24, 2.45) is 0 Å². The van der Waals surface area contributed by atoms with E-state index in [0.717, 1.165) is 24.2 Å². The molecule has 0 aliphatic rings. The summed E-state index contributed by atoms with van der Waals surface area (Å²) >= 11 is 6.79. The Balaban J connectivity index is 1.99. The SMILES string of the molecule is Cc1nc(Cl)sc1S(=O)(=O)N(C)CCCc1ccccc1. The first-order valence-corrected chi connectivity index (χ1v) is 9.18. The van der Waals surface area contributed by atoms with Gasteiger partial charge in [-0.25, -0.2) is 17.7 Å². The number of halogens is 1. The van der Waals surface area contributed by atoms with Crippen LogP contribution in [0.15, 0.2) is 34.5 Å². The van der Waals surface area contributed by atoms with Crippen molar-refractivity contribution in [3.63, 3.8) is 0 Å². The van der Waals surface area contributed by atoms with Crippen molar-refractivity contribution in [3.8, 4) is 0 Å². The van der Waals surface area contributed by atoms with E-state index in [1.165, 1.54) is 9.87 Å². The van der Waals surface area contributed by atoms with Gasteiger partial charge < -0.3 is 0 Å². The molecule has 1 aromatic heterocycles.